The molecule has 1 aromatic rings. The monoisotopic (exact) mass is 221 g/mol. The molecule has 4 heteroatoms. The molecule has 1 aromatic heterocycles. The molecule has 4 nitrogen and oxygen atoms in total. The number of Topliss-reactive ketones (excluding diaryl/α,β-unsaturated/α-hetero) is 1. The maximum atomic E-state index is 11.8. The molecule has 0 aliphatic carbocycles. The Labute approximate surface area is 96.3 Å². The number of nitrogens with two attached hydrogens (primary N) is 1. The lowest BCUT2D eigenvalue weighted by molar-refractivity contribution is -0.121. The van der Waals surface area contributed by atoms with Crippen molar-refractivity contribution < 1.29 is 4.79 Å². The van der Waals surface area contributed by atoms with Crippen LogP contribution in [0.15, 0.2) is 18.3 Å². The van der Waals surface area contributed by atoms with Crippen LogP contribution in [0.5, 0.6) is 0 Å². The van der Waals surface area contributed by atoms with Gasteiger partial charge in [-0.1, -0.05) is 13.8 Å². The molecule has 0 saturated heterocycles. The molecule has 0 amide bonds. The van der Waals surface area contributed by atoms with Crippen molar-refractivity contribution in [2.24, 2.45) is 5.92 Å². The topological polar surface area (TPSA) is 68.0 Å². The van der Waals surface area contributed by atoms with Crippen molar-refractivity contribution in [1.29, 1.82) is 0 Å². The van der Waals surface area contributed by atoms with Crippen LogP contribution >= 0.6 is 0 Å². The van der Waals surface area contributed by atoms with Crippen molar-refractivity contribution in [2.75, 3.05) is 18.8 Å². The molecule has 88 valence electrons. The fourth-order valence-corrected chi connectivity index (χ4v) is 1.45. The van der Waals surface area contributed by atoms with Gasteiger partial charge in [-0.3, -0.25) is 4.79 Å². The second-order valence-corrected chi connectivity index (χ2v) is 3.94. The summed E-state index contributed by atoms with van der Waals surface area (Å²) in [5, 5.41) is 3.17. The van der Waals surface area contributed by atoms with Crippen molar-refractivity contribution in [1.82, 2.24) is 10.3 Å². The molecule has 16 heavy (non-hydrogen) atoms. The molecule has 0 spiro atoms. The average Bonchev–Trinajstić information content (AvgIpc) is 2.25. The van der Waals surface area contributed by atoms with Crippen LogP contribution in [0.2, 0.25) is 0 Å². The SMILES string of the molecule is CCNCC(C)C(=O)Cc1ccnc(N)c1. The lowest BCUT2D eigenvalue weighted by Crippen LogP contribution is -2.27. The van der Waals surface area contributed by atoms with Crippen LogP contribution in [-0.2, 0) is 11.2 Å². The number of hydrogen-bond acceptors (Lipinski definition) is 4. The van der Waals surface area contributed by atoms with Gasteiger partial charge in [0, 0.05) is 25.1 Å². The van der Waals surface area contributed by atoms with Gasteiger partial charge < -0.3 is 11.1 Å². The first-order chi connectivity index (χ1) is 7.63. The first-order valence-electron chi connectivity index (χ1n) is 5.57. The number of nitrogen functional groups attached to an aromatic ring is 1. The number of pyridine rings is 1. The fourth-order valence-electron chi connectivity index (χ4n) is 1.45. The van der Waals surface area contributed by atoms with E-state index in [1.165, 1.54) is 0 Å². The molecule has 1 atom stereocenters. The Morgan fingerprint density at radius 2 is 2.38 bits per heavy atom. The molecule has 1 unspecified atom stereocenters. The van der Waals surface area contributed by atoms with E-state index >= 15 is 0 Å². The highest BCUT2D eigenvalue weighted by atomic mass is 16.1. The molecule has 3 N–H and O–H groups in total. The standard InChI is InChI=1S/C12H19N3O/c1-3-14-8-9(2)11(16)6-10-4-5-15-12(13)7-10/h4-5,7,9,14H,3,6,8H2,1-2H3,(H2,13,15). The second-order valence-electron chi connectivity index (χ2n) is 3.94. The summed E-state index contributed by atoms with van der Waals surface area (Å²) in [7, 11) is 0. The Morgan fingerprint density at radius 1 is 1.62 bits per heavy atom. The van der Waals surface area contributed by atoms with Crippen molar-refractivity contribution in [3.8, 4) is 0 Å². The highest BCUT2D eigenvalue weighted by Crippen LogP contribution is 2.07. The number of carbonyl (C=O) groups excluding carboxylic acids is 1. The number of rotatable bonds is 6. The summed E-state index contributed by atoms with van der Waals surface area (Å²) < 4.78 is 0. The van der Waals surface area contributed by atoms with Crippen molar-refractivity contribution in [2.45, 2.75) is 20.3 Å². The lowest BCUT2D eigenvalue weighted by Gasteiger charge is -2.10. The zero-order valence-electron chi connectivity index (χ0n) is 9.86. The maximum absolute atomic E-state index is 11.8. The van der Waals surface area contributed by atoms with E-state index in [0.717, 1.165) is 18.7 Å². The molecular formula is C12H19N3O. The minimum Gasteiger partial charge on any atom is -0.384 e. The first-order valence-corrected chi connectivity index (χ1v) is 5.57. The molecular weight excluding hydrogens is 202 g/mol. The van der Waals surface area contributed by atoms with Crippen LogP contribution in [0, 0.1) is 5.92 Å². The van der Waals surface area contributed by atoms with Gasteiger partial charge in [-0.15, -0.1) is 0 Å². The van der Waals surface area contributed by atoms with Gasteiger partial charge in [0.25, 0.3) is 0 Å². The molecule has 0 fully saturated rings. The van der Waals surface area contributed by atoms with Gasteiger partial charge in [-0.25, -0.2) is 4.98 Å². The smallest absolute Gasteiger partial charge is 0.141 e. The number of nitrogens with one attached hydrogen (secondary N) is 1. The van der Waals surface area contributed by atoms with E-state index in [-0.39, 0.29) is 11.7 Å². The molecule has 1 rings (SSSR count). The molecule has 0 aliphatic heterocycles. The quantitative estimate of drug-likeness (QED) is 0.752. The molecule has 0 aromatic carbocycles. The fraction of sp³-hybridized carbons (Fsp3) is 0.500. The van der Waals surface area contributed by atoms with Crippen molar-refractivity contribution in [3.63, 3.8) is 0 Å². The van der Waals surface area contributed by atoms with Gasteiger partial charge in [0.1, 0.15) is 11.6 Å². The Bertz CT molecular complexity index is 352. The van der Waals surface area contributed by atoms with Crippen LogP contribution in [-0.4, -0.2) is 23.9 Å². The highest BCUT2D eigenvalue weighted by Gasteiger charge is 2.12. The van der Waals surface area contributed by atoms with Crippen LogP contribution < -0.4 is 11.1 Å². The van der Waals surface area contributed by atoms with Crippen LogP contribution in [0.1, 0.15) is 19.4 Å². The molecule has 1 heterocycles. The van der Waals surface area contributed by atoms with Crippen molar-refractivity contribution in [3.05, 3.63) is 23.9 Å². The van der Waals surface area contributed by atoms with E-state index in [9.17, 15) is 4.79 Å². The zero-order chi connectivity index (χ0) is 12.0. The van der Waals surface area contributed by atoms with E-state index in [2.05, 4.69) is 10.3 Å². The summed E-state index contributed by atoms with van der Waals surface area (Å²) >= 11 is 0. The van der Waals surface area contributed by atoms with E-state index in [1.807, 2.05) is 19.9 Å². The molecule has 0 saturated carbocycles. The van der Waals surface area contributed by atoms with Crippen LogP contribution in [0.3, 0.4) is 0 Å². The first kappa shape index (κ1) is 12.6. The number of nitrogens with zero attached hydrogens (tertiary/aromatic N) is 1. The molecule has 0 radical (unpaired) electrons. The number of aromatic nitrogens is 1. The van der Waals surface area contributed by atoms with Gasteiger partial charge in [0.15, 0.2) is 0 Å². The van der Waals surface area contributed by atoms with E-state index in [0.29, 0.717) is 12.2 Å². The number of anilines is 1. The van der Waals surface area contributed by atoms with Gasteiger partial charge >= 0.3 is 0 Å². The van der Waals surface area contributed by atoms with Crippen molar-refractivity contribution >= 4 is 11.6 Å². The maximum Gasteiger partial charge on any atom is 0.141 e. The predicted octanol–water partition coefficient (Wildman–Crippen LogP) is 1.02. The van der Waals surface area contributed by atoms with Gasteiger partial charge in [-0.05, 0) is 24.2 Å². The Hall–Kier alpha value is -1.42. The normalized spacial score (nSPS) is 12.4. The average molecular weight is 221 g/mol. The van der Waals surface area contributed by atoms with E-state index < -0.39 is 0 Å². The number of carbonyl (C=O) groups is 1. The van der Waals surface area contributed by atoms with Gasteiger partial charge in [0.05, 0.1) is 0 Å². The highest BCUT2D eigenvalue weighted by molar-refractivity contribution is 5.83. The third kappa shape index (κ3) is 3.98. The third-order valence-corrected chi connectivity index (χ3v) is 2.47. The summed E-state index contributed by atoms with van der Waals surface area (Å²) in [6.45, 7) is 5.59. The van der Waals surface area contributed by atoms with Gasteiger partial charge in [0.2, 0.25) is 0 Å². The number of ketones is 1. The largest absolute Gasteiger partial charge is 0.384 e. The Morgan fingerprint density at radius 3 is 3.00 bits per heavy atom. The second kappa shape index (κ2) is 6.23. The van der Waals surface area contributed by atoms with Crippen LogP contribution in [0.25, 0.3) is 0 Å². The summed E-state index contributed by atoms with van der Waals surface area (Å²) in [6.07, 6.45) is 2.06. The minimum atomic E-state index is 0.0364. The lowest BCUT2D eigenvalue weighted by atomic mass is 10.00. The Balaban J connectivity index is 2.50. The summed E-state index contributed by atoms with van der Waals surface area (Å²) in [4.78, 5) is 15.7. The van der Waals surface area contributed by atoms with Gasteiger partial charge in [-0.2, -0.15) is 0 Å². The van der Waals surface area contributed by atoms with E-state index in [4.69, 9.17) is 5.73 Å². The predicted molar refractivity (Wildman–Crippen MR) is 65.1 cm³/mol. The summed E-state index contributed by atoms with van der Waals surface area (Å²) in [5.41, 5.74) is 6.49. The minimum absolute atomic E-state index is 0.0364. The Kier molecular flexibility index (Phi) is 4.92. The molecule has 0 bridgehead atoms. The van der Waals surface area contributed by atoms with E-state index in [1.54, 1.807) is 12.3 Å². The third-order valence-electron chi connectivity index (χ3n) is 2.47. The van der Waals surface area contributed by atoms with Crippen LogP contribution in [0.4, 0.5) is 5.82 Å². The summed E-state index contributed by atoms with van der Waals surface area (Å²) in [6, 6.07) is 3.58. The summed E-state index contributed by atoms with van der Waals surface area (Å²) in [5.74, 6) is 0.727. The zero-order valence-corrected chi connectivity index (χ0v) is 9.86. The number of hydrogen-bond donors (Lipinski definition) is 2. The molecule has 0 aliphatic rings.